The number of carbonyl (C=O) groups excluding carboxylic acids is 1. The number of anilines is 1. The summed E-state index contributed by atoms with van der Waals surface area (Å²) in [6.07, 6.45) is 8.12. The largest absolute Gasteiger partial charge is 0.286 e. The van der Waals surface area contributed by atoms with Crippen molar-refractivity contribution >= 4 is 22.4 Å². The maximum absolute atomic E-state index is 13.0. The van der Waals surface area contributed by atoms with Crippen LogP contribution in [0, 0.1) is 31.6 Å². The molecule has 1 aromatic heterocycles. The van der Waals surface area contributed by atoms with Crippen LogP contribution < -0.4 is 4.90 Å². The summed E-state index contributed by atoms with van der Waals surface area (Å²) in [6, 6.07) is 5.99. The average molecular weight is 382 g/mol. The van der Waals surface area contributed by atoms with Crippen molar-refractivity contribution in [2.24, 2.45) is 17.8 Å². The fourth-order valence-electron chi connectivity index (χ4n) is 6.32. The Morgan fingerprint density at radius 3 is 2.11 bits per heavy atom. The van der Waals surface area contributed by atoms with Crippen molar-refractivity contribution in [3.63, 3.8) is 0 Å². The van der Waals surface area contributed by atoms with E-state index in [0.29, 0.717) is 0 Å². The quantitative estimate of drug-likeness (QED) is 0.760. The molecule has 5 heteroatoms. The monoisotopic (exact) mass is 381 g/mol. The second-order valence-corrected chi connectivity index (χ2v) is 10.3. The molecular weight excluding hydrogens is 354 g/mol. The van der Waals surface area contributed by atoms with Gasteiger partial charge in [-0.15, -0.1) is 10.2 Å². The molecule has 0 atom stereocenters. The SMILES string of the molecule is Cc1cc(C)cc(C(=O)N(C)c2nnc(C34CC5CC(CC(C5)C3)C4)s2)c1. The number of hydrogen-bond donors (Lipinski definition) is 0. The van der Waals surface area contributed by atoms with Gasteiger partial charge in [0.05, 0.1) is 0 Å². The van der Waals surface area contributed by atoms with Crippen LogP contribution in [0.4, 0.5) is 5.13 Å². The first-order chi connectivity index (χ1) is 12.9. The Labute approximate surface area is 165 Å². The number of amides is 1. The van der Waals surface area contributed by atoms with E-state index in [9.17, 15) is 4.79 Å². The molecule has 0 N–H and O–H groups in total. The molecule has 2 aromatic rings. The number of rotatable bonds is 3. The maximum Gasteiger partial charge on any atom is 0.259 e. The van der Waals surface area contributed by atoms with Crippen LogP contribution in [0.5, 0.6) is 0 Å². The Kier molecular flexibility index (Phi) is 3.94. The fourth-order valence-corrected chi connectivity index (χ4v) is 7.34. The van der Waals surface area contributed by atoms with Crippen molar-refractivity contribution in [3.05, 3.63) is 39.9 Å². The average Bonchev–Trinajstić information content (AvgIpc) is 3.09. The van der Waals surface area contributed by atoms with Gasteiger partial charge in [0.25, 0.3) is 5.91 Å². The Bertz CT molecular complexity index is 847. The van der Waals surface area contributed by atoms with Crippen molar-refractivity contribution in [3.8, 4) is 0 Å². The van der Waals surface area contributed by atoms with E-state index in [-0.39, 0.29) is 11.3 Å². The van der Waals surface area contributed by atoms with Gasteiger partial charge in [0.1, 0.15) is 5.01 Å². The Balaban J connectivity index is 1.41. The van der Waals surface area contributed by atoms with Gasteiger partial charge in [-0.25, -0.2) is 0 Å². The zero-order valence-corrected chi connectivity index (χ0v) is 17.2. The minimum atomic E-state index is -0.00462. The summed E-state index contributed by atoms with van der Waals surface area (Å²) in [5, 5.41) is 11.0. The molecule has 4 aliphatic rings. The molecule has 4 bridgehead atoms. The van der Waals surface area contributed by atoms with Crippen LogP contribution in [0.25, 0.3) is 0 Å². The molecule has 0 unspecified atom stereocenters. The van der Waals surface area contributed by atoms with Crippen LogP contribution in [0.1, 0.15) is 65.0 Å². The summed E-state index contributed by atoms with van der Waals surface area (Å²) in [6.45, 7) is 4.06. The first-order valence-electron chi connectivity index (χ1n) is 10.1. The third kappa shape index (κ3) is 2.91. The number of aryl methyl sites for hydroxylation is 2. The summed E-state index contributed by atoms with van der Waals surface area (Å²) >= 11 is 1.64. The standard InChI is InChI=1S/C22H27N3OS/c1-13-4-14(2)6-18(5-13)19(26)25(3)21-24-23-20(27-21)22-10-15-7-16(11-22)9-17(8-15)12-22/h4-6,15-17H,7-12H2,1-3H3. The minimum absolute atomic E-state index is 0.00462. The summed E-state index contributed by atoms with van der Waals surface area (Å²) in [7, 11) is 1.82. The molecule has 0 radical (unpaired) electrons. The number of benzene rings is 1. The van der Waals surface area contributed by atoms with E-state index >= 15 is 0 Å². The molecule has 142 valence electrons. The number of aromatic nitrogens is 2. The third-order valence-electron chi connectivity index (χ3n) is 6.97. The molecule has 0 aliphatic heterocycles. The lowest BCUT2D eigenvalue weighted by Crippen LogP contribution is -2.48. The second-order valence-electron chi connectivity index (χ2n) is 9.33. The van der Waals surface area contributed by atoms with Crippen LogP contribution >= 0.6 is 11.3 Å². The van der Waals surface area contributed by atoms with E-state index in [1.54, 1.807) is 16.2 Å². The van der Waals surface area contributed by atoms with Crippen LogP contribution in [0.2, 0.25) is 0 Å². The highest BCUT2D eigenvalue weighted by atomic mass is 32.1. The molecule has 27 heavy (non-hydrogen) atoms. The van der Waals surface area contributed by atoms with Gasteiger partial charge in [-0.1, -0.05) is 28.5 Å². The first-order valence-corrected chi connectivity index (χ1v) is 10.9. The van der Waals surface area contributed by atoms with Gasteiger partial charge in [-0.3, -0.25) is 9.69 Å². The highest BCUT2D eigenvalue weighted by molar-refractivity contribution is 7.15. The predicted molar refractivity (Wildman–Crippen MR) is 108 cm³/mol. The zero-order chi connectivity index (χ0) is 18.8. The normalized spacial score (nSPS) is 31.3. The smallest absolute Gasteiger partial charge is 0.259 e. The topological polar surface area (TPSA) is 46.1 Å². The van der Waals surface area contributed by atoms with Crippen molar-refractivity contribution in [1.82, 2.24) is 10.2 Å². The van der Waals surface area contributed by atoms with Crippen molar-refractivity contribution < 1.29 is 4.79 Å². The molecule has 6 rings (SSSR count). The predicted octanol–water partition coefficient (Wildman–Crippen LogP) is 4.90. The van der Waals surface area contributed by atoms with Gasteiger partial charge in [0.2, 0.25) is 5.13 Å². The molecule has 4 saturated carbocycles. The lowest BCUT2D eigenvalue weighted by Gasteiger charge is -2.55. The zero-order valence-electron chi connectivity index (χ0n) is 16.4. The lowest BCUT2D eigenvalue weighted by atomic mass is 9.50. The summed E-state index contributed by atoms with van der Waals surface area (Å²) in [5.41, 5.74) is 3.19. The summed E-state index contributed by atoms with van der Waals surface area (Å²) in [4.78, 5) is 14.6. The third-order valence-corrected chi connectivity index (χ3v) is 8.21. The number of hydrogen-bond acceptors (Lipinski definition) is 4. The van der Waals surface area contributed by atoms with Gasteiger partial charge in [-0.2, -0.15) is 0 Å². The first kappa shape index (κ1) is 17.4. The molecule has 0 spiro atoms. The lowest BCUT2D eigenvalue weighted by molar-refractivity contribution is -0.00555. The van der Waals surface area contributed by atoms with E-state index in [1.165, 1.54) is 43.5 Å². The molecule has 1 aromatic carbocycles. The number of nitrogens with zero attached hydrogens (tertiary/aromatic N) is 3. The molecule has 1 heterocycles. The van der Waals surface area contributed by atoms with Gasteiger partial charge in [-0.05, 0) is 82.3 Å². The van der Waals surface area contributed by atoms with Crippen molar-refractivity contribution in [2.45, 2.75) is 57.8 Å². The minimum Gasteiger partial charge on any atom is -0.286 e. The molecule has 4 aliphatic carbocycles. The van der Waals surface area contributed by atoms with Crippen molar-refractivity contribution in [2.75, 3.05) is 11.9 Å². The Morgan fingerprint density at radius 1 is 1.00 bits per heavy atom. The number of carbonyl (C=O) groups is 1. The molecule has 4 nitrogen and oxygen atoms in total. The van der Waals surface area contributed by atoms with Crippen LogP contribution in [-0.2, 0) is 5.41 Å². The van der Waals surface area contributed by atoms with Gasteiger partial charge >= 0.3 is 0 Å². The highest BCUT2D eigenvalue weighted by Gasteiger charge is 2.53. The Morgan fingerprint density at radius 2 is 1.56 bits per heavy atom. The highest BCUT2D eigenvalue weighted by Crippen LogP contribution is 2.61. The van der Waals surface area contributed by atoms with Crippen LogP contribution in [0.3, 0.4) is 0 Å². The van der Waals surface area contributed by atoms with Gasteiger partial charge < -0.3 is 0 Å². The van der Waals surface area contributed by atoms with E-state index in [4.69, 9.17) is 0 Å². The summed E-state index contributed by atoms with van der Waals surface area (Å²) < 4.78 is 0. The van der Waals surface area contributed by atoms with E-state index in [1.807, 2.05) is 33.0 Å². The molecule has 1 amide bonds. The van der Waals surface area contributed by atoms with E-state index in [2.05, 4.69) is 16.3 Å². The van der Waals surface area contributed by atoms with Gasteiger partial charge in [0, 0.05) is 18.0 Å². The molecular formula is C22H27N3OS. The molecule has 4 fully saturated rings. The van der Waals surface area contributed by atoms with Crippen molar-refractivity contribution in [1.29, 1.82) is 0 Å². The fraction of sp³-hybridized carbons (Fsp3) is 0.591. The summed E-state index contributed by atoms with van der Waals surface area (Å²) in [5.74, 6) is 2.66. The van der Waals surface area contributed by atoms with Crippen LogP contribution in [-0.4, -0.2) is 23.2 Å². The Hall–Kier alpha value is -1.75. The van der Waals surface area contributed by atoms with Crippen LogP contribution in [0.15, 0.2) is 18.2 Å². The van der Waals surface area contributed by atoms with Gasteiger partial charge in [0.15, 0.2) is 0 Å². The second kappa shape index (κ2) is 6.13. The van der Waals surface area contributed by atoms with E-state index < -0.39 is 0 Å². The maximum atomic E-state index is 13.0. The molecule has 0 saturated heterocycles. The van der Waals surface area contributed by atoms with E-state index in [0.717, 1.165) is 39.6 Å².